The first-order valence-corrected chi connectivity index (χ1v) is 4.11. The molecule has 1 aromatic rings. The Morgan fingerprint density at radius 1 is 1.31 bits per heavy atom. The van der Waals surface area contributed by atoms with Crippen LogP contribution in [-0.2, 0) is 4.79 Å². The summed E-state index contributed by atoms with van der Waals surface area (Å²) in [5, 5.41) is 2.63. The Hall–Kier alpha value is -1.64. The molecule has 0 saturated heterocycles. The predicted octanol–water partition coefficient (Wildman–Crippen LogP) is 1.01. The molecule has 0 heterocycles. The van der Waals surface area contributed by atoms with Gasteiger partial charge in [-0.2, -0.15) is 0 Å². The lowest BCUT2D eigenvalue weighted by Gasteiger charge is -2.01. The maximum Gasteiger partial charge on any atom is 0.251 e. The van der Waals surface area contributed by atoms with Crippen LogP contribution in [0.2, 0.25) is 0 Å². The van der Waals surface area contributed by atoms with Crippen LogP contribution in [0, 0.1) is 0 Å². The van der Waals surface area contributed by atoms with Gasteiger partial charge in [-0.1, -0.05) is 18.2 Å². The van der Waals surface area contributed by atoms with Crippen LogP contribution in [0.1, 0.15) is 16.8 Å². The maximum absolute atomic E-state index is 11.3. The van der Waals surface area contributed by atoms with E-state index in [0.717, 1.165) is 6.29 Å². The molecule has 3 nitrogen and oxygen atoms in total. The average Bonchev–Trinajstić information content (AvgIpc) is 2.19. The van der Waals surface area contributed by atoms with Crippen molar-refractivity contribution in [2.24, 2.45) is 0 Å². The zero-order valence-corrected chi connectivity index (χ0v) is 7.19. The van der Waals surface area contributed by atoms with Gasteiger partial charge in [-0.15, -0.1) is 0 Å². The van der Waals surface area contributed by atoms with Crippen molar-refractivity contribution in [2.75, 3.05) is 6.54 Å². The molecule has 0 fully saturated rings. The van der Waals surface area contributed by atoms with E-state index in [9.17, 15) is 9.59 Å². The third-order valence-corrected chi connectivity index (χ3v) is 1.58. The molecule has 0 saturated carbocycles. The first-order chi connectivity index (χ1) is 6.34. The number of nitrogens with one attached hydrogen (secondary N) is 1. The summed E-state index contributed by atoms with van der Waals surface area (Å²) in [5.41, 5.74) is 0.619. The topological polar surface area (TPSA) is 46.2 Å². The highest BCUT2D eigenvalue weighted by Gasteiger charge is 2.01. The maximum atomic E-state index is 11.3. The monoisotopic (exact) mass is 177 g/mol. The number of aldehydes is 1. The third-order valence-electron chi connectivity index (χ3n) is 1.58. The fourth-order valence-corrected chi connectivity index (χ4v) is 0.936. The lowest BCUT2D eigenvalue weighted by Crippen LogP contribution is -2.24. The second-order valence-corrected chi connectivity index (χ2v) is 2.58. The van der Waals surface area contributed by atoms with Gasteiger partial charge in [0.1, 0.15) is 6.29 Å². The molecule has 1 rings (SSSR count). The van der Waals surface area contributed by atoms with Gasteiger partial charge in [0.25, 0.3) is 5.91 Å². The van der Waals surface area contributed by atoms with Crippen molar-refractivity contribution >= 4 is 12.2 Å². The summed E-state index contributed by atoms with van der Waals surface area (Å²) < 4.78 is 0. The summed E-state index contributed by atoms with van der Waals surface area (Å²) >= 11 is 0. The second kappa shape index (κ2) is 5.09. The van der Waals surface area contributed by atoms with Gasteiger partial charge in [-0.25, -0.2) is 0 Å². The van der Waals surface area contributed by atoms with Crippen molar-refractivity contribution < 1.29 is 9.59 Å². The molecule has 0 aliphatic heterocycles. The van der Waals surface area contributed by atoms with Gasteiger partial charge in [-0.3, -0.25) is 4.79 Å². The van der Waals surface area contributed by atoms with Crippen molar-refractivity contribution in [3.8, 4) is 0 Å². The molecule has 68 valence electrons. The molecule has 3 heteroatoms. The van der Waals surface area contributed by atoms with Crippen LogP contribution in [-0.4, -0.2) is 18.7 Å². The van der Waals surface area contributed by atoms with Crippen molar-refractivity contribution in [1.29, 1.82) is 0 Å². The zero-order chi connectivity index (χ0) is 9.52. The standard InChI is InChI=1S/C10H11NO2/c12-8-4-7-11-10(13)9-5-2-1-3-6-9/h1-3,5-6,8H,4,7H2,(H,11,13). The highest BCUT2D eigenvalue weighted by Crippen LogP contribution is 1.97. The minimum Gasteiger partial charge on any atom is -0.352 e. The van der Waals surface area contributed by atoms with Gasteiger partial charge < -0.3 is 10.1 Å². The van der Waals surface area contributed by atoms with E-state index < -0.39 is 0 Å². The van der Waals surface area contributed by atoms with Gasteiger partial charge >= 0.3 is 0 Å². The summed E-state index contributed by atoms with van der Waals surface area (Å²) in [4.78, 5) is 21.3. The predicted molar refractivity (Wildman–Crippen MR) is 49.5 cm³/mol. The Kier molecular flexibility index (Phi) is 3.70. The molecular formula is C10H11NO2. The SMILES string of the molecule is O=CCCNC(=O)c1ccccc1. The van der Waals surface area contributed by atoms with Gasteiger partial charge in [0.05, 0.1) is 0 Å². The van der Waals surface area contributed by atoms with E-state index in [-0.39, 0.29) is 5.91 Å². The van der Waals surface area contributed by atoms with Gasteiger partial charge in [0, 0.05) is 18.5 Å². The lowest BCUT2D eigenvalue weighted by molar-refractivity contribution is -0.107. The normalized spacial score (nSPS) is 9.23. The molecule has 0 atom stereocenters. The Bertz CT molecular complexity index is 282. The first-order valence-electron chi connectivity index (χ1n) is 4.11. The van der Waals surface area contributed by atoms with Crippen molar-refractivity contribution in [3.05, 3.63) is 35.9 Å². The molecular weight excluding hydrogens is 166 g/mol. The molecule has 1 amide bonds. The van der Waals surface area contributed by atoms with Gasteiger partial charge in [0.2, 0.25) is 0 Å². The number of amides is 1. The van der Waals surface area contributed by atoms with Gasteiger partial charge in [0.15, 0.2) is 0 Å². The van der Waals surface area contributed by atoms with E-state index in [2.05, 4.69) is 5.32 Å². The first kappa shape index (κ1) is 9.45. The Balaban J connectivity index is 2.45. The largest absolute Gasteiger partial charge is 0.352 e. The van der Waals surface area contributed by atoms with E-state index in [1.54, 1.807) is 24.3 Å². The molecule has 0 spiro atoms. The number of rotatable bonds is 4. The Morgan fingerprint density at radius 2 is 2.00 bits per heavy atom. The van der Waals surface area contributed by atoms with Crippen LogP contribution in [0.15, 0.2) is 30.3 Å². The number of hydrogen-bond donors (Lipinski definition) is 1. The molecule has 0 aliphatic carbocycles. The van der Waals surface area contributed by atoms with Crippen molar-refractivity contribution in [1.82, 2.24) is 5.32 Å². The lowest BCUT2D eigenvalue weighted by atomic mass is 10.2. The summed E-state index contributed by atoms with van der Waals surface area (Å²) in [7, 11) is 0. The Labute approximate surface area is 76.8 Å². The minimum atomic E-state index is -0.137. The fourth-order valence-electron chi connectivity index (χ4n) is 0.936. The highest BCUT2D eigenvalue weighted by atomic mass is 16.1. The fraction of sp³-hybridized carbons (Fsp3) is 0.200. The van der Waals surface area contributed by atoms with E-state index in [0.29, 0.717) is 18.5 Å². The van der Waals surface area contributed by atoms with E-state index in [1.807, 2.05) is 6.07 Å². The number of hydrogen-bond acceptors (Lipinski definition) is 2. The number of carbonyl (C=O) groups is 2. The zero-order valence-electron chi connectivity index (χ0n) is 7.19. The molecule has 0 radical (unpaired) electrons. The highest BCUT2D eigenvalue weighted by molar-refractivity contribution is 5.94. The minimum absolute atomic E-state index is 0.137. The second-order valence-electron chi connectivity index (χ2n) is 2.58. The van der Waals surface area contributed by atoms with Crippen LogP contribution in [0.4, 0.5) is 0 Å². The molecule has 0 bridgehead atoms. The van der Waals surface area contributed by atoms with E-state index in [4.69, 9.17) is 0 Å². The quantitative estimate of drug-likeness (QED) is 0.551. The summed E-state index contributed by atoms with van der Waals surface area (Å²) in [5.74, 6) is -0.137. The van der Waals surface area contributed by atoms with Gasteiger partial charge in [-0.05, 0) is 12.1 Å². The van der Waals surface area contributed by atoms with Crippen LogP contribution in [0.5, 0.6) is 0 Å². The Morgan fingerprint density at radius 3 is 2.62 bits per heavy atom. The van der Waals surface area contributed by atoms with Crippen LogP contribution in [0.25, 0.3) is 0 Å². The number of carbonyl (C=O) groups excluding carboxylic acids is 2. The molecule has 0 unspecified atom stereocenters. The summed E-state index contributed by atoms with van der Waals surface area (Å²) in [6, 6.07) is 8.91. The molecule has 0 aliphatic rings. The van der Waals surface area contributed by atoms with Crippen molar-refractivity contribution in [3.63, 3.8) is 0 Å². The molecule has 1 N–H and O–H groups in total. The summed E-state index contributed by atoms with van der Waals surface area (Å²) in [6.07, 6.45) is 1.14. The molecule has 0 aromatic heterocycles. The van der Waals surface area contributed by atoms with Crippen molar-refractivity contribution in [2.45, 2.75) is 6.42 Å². The van der Waals surface area contributed by atoms with Crippen LogP contribution < -0.4 is 5.32 Å². The van der Waals surface area contributed by atoms with Crippen LogP contribution in [0.3, 0.4) is 0 Å². The smallest absolute Gasteiger partial charge is 0.251 e. The van der Waals surface area contributed by atoms with E-state index >= 15 is 0 Å². The van der Waals surface area contributed by atoms with Crippen LogP contribution >= 0.6 is 0 Å². The molecule has 1 aromatic carbocycles. The average molecular weight is 177 g/mol. The number of benzene rings is 1. The molecule has 13 heavy (non-hydrogen) atoms. The third kappa shape index (κ3) is 3.07. The van der Waals surface area contributed by atoms with E-state index in [1.165, 1.54) is 0 Å². The summed E-state index contributed by atoms with van der Waals surface area (Å²) in [6.45, 7) is 0.400.